The summed E-state index contributed by atoms with van der Waals surface area (Å²) in [4.78, 5) is 0. The first-order valence-corrected chi connectivity index (χ1v) is 5.01. The van der Waals surface area contributed by atoms with E-state index >= 15 is 0 Å². The van der Waals surface area contributed by atoms with Gasteiger partial charge in [-0.1, -0.05) is 17.7 Å². The minimum Gasteiger partial charge on any atom is -0.457 e. The number of hydrogen-bond donors (Lipinski definition) is 1. The highest BCUT2D eigenvalue weighted by Gasteiger charge is 2.01. The van der Waals surface area contributed by atoms with Crippen molar-refractivity contribution in [1.29, 1.82) is 0 Å². The monoisotopic (exact) mass is 237 g/mol. The van der Waals surface area contributed by atoms with Crippen molar-refractivity contribution in [3.05, 3.63) is 53.3 Å². The Morgan fingerprint density at radius 2 is 1.88 bits per heavy atom. The predicted molar refractivity (Wildman–Crippen MR) is 62.3 cm³/mol. The van der Waals surface area contributed by atoms with E-state index in [0.717, 1.165) is 0 Å². The highest BCUT2D eigenvalue weighted by atomic mass is 35.5. The van der Waals surface area contributed by atoms with Crippen molar-refractivity contribution in [3.63, 3.8) is 0 Å². The average molecular weight is 238 g/mol. The van der Waals surface area contributed by atoms with Gasteiger partial charge in [0.25, 0.3) is 0 Å². The third-order valence-electron chi connectivity index (χ3n) is 1.93. The topological polar surface area (TPSA) is 35.2 Å². The zero-order chi connectivity index (χ0) is 11.5. The van der Waals surface area contributed by atoms with Crippen molar-refractivity contribution in [2.45, 2.75) is 0 Å². The first kappa shape index (κ1) is 10.8. The maximum Gasteiger partial charge on any atom is 0.132 e. The van der Waals surface area contributed by atoms with Crippen LogP contribution in [-0.2, 0) is 0 Å². The molecule has 16 heavy (non-hydrogen) atoms. The van der Waals surface area contributed by atoms with E-state index in [0.29, 0.717) is 22.2 Å². The molecule has 0 saturated carbocycles. The summed E-state index contributed by atoms with van der Waals surface area (Å²) in [5.41, 5.74) is 5.81. The number of hydrogen-bond acceptors (Lipinski definition) is 2. The molecule has 0 heterocycles. The van der Waals surface area contributed by atoms with E-state index in [1.54, 1.807) is 30.3 Å². The van der Waals surface area contributed by atoms with Gasteiger partial charge >= 0.3 is 0 Å². The van der Waals surface area contributed by atoms with Crippen LogP contribution in [0.25, 0.3) is 0 Å². The Labute approximate surface area is 97.4 Å². The van der Waals surface area contributed by atoms with Gasteiger partial charge in [-0.2, -0.15) is 0 Å². The van der Waals surface area contributed by atoms with Crippen molar-refractivity contribution >= 4 is 17.3 Å². The zero-order valence-electron chi connectivity index (χ0n) is 8.28. The Morgan fingerprint density at radius 3 is 2.56 bits per heavy atom. The summed E-state index contributed by atoms with van der Waals surface area (Å²) in [5.74, 6) is 0.453. The molecule has 0 radical (unpaired) electrons. The van der Waals surface area contributed by atoms with Crippen LogP contribution >= 0.6 is 11.6 Å². The molecule has 0 unspecified atom stereocenters. The quantitative estimate of drug-likeness (QED) is 0.805. The summed E-state index contributed by atoms with van der Waals surface area (Å²) >= 11 is 5.79. The van der Waals surface area contributed by atoms with Crippen molar-refractivity contribution in [1.82, 2.24) is 0 Å². The maximum atomic E-state index is 13.0. The van der Waals surface area contributed by atoms with Crippen molar-refractivity contribution in [2.24, 2.45) is 0 Å². The molecule has 2 N–H and O–H groups in total. The molecule has 0 aliphatic heterocycles. The fourth-order valence-electron chi connectivity index (χ4n) is 1.31. The first-order chi connectivity index (χ1) is 7.63. The Bertz CT molecular complexity index is 496. The summed E-state index contributed by atoms with van der Waals surface area (Å²) in [5, 5.41) is 0.557. The molecule has 0 aliphatic carbocycles. The molecular formula is C12H9ClFNO. The molecule has 0 aliphatic rings. The smallest absolute Gasteiger partial charge is 0.132 e. The molecule has 82 valence electrons. The standard InChI is InChI=1S/C12H9ClFNO/c13-8-2-1-3-11(4-8)16-12-6-9(14)5-10(15)7-12/h1-7H,15H2. The number of rotatable bonds is 2. The van der Waals surface area contributed by atoms with Gasteiger partial charge in [-0.3, -0.25) is 0 Å². The molecule has 0 aromatic heterocycles. The second-order valence-corrected chi connectivity index (χ2v) is 3.72. The van der Waals surface area contributed by atoms with Gasteiger partial charge in [0.05, 0.1) is 0 Å². The summed E-state index contributed by atoms with van der Waals surface area (Å²) in [7, 11) is 0. The highest BCUT2D eigenvalue weighted by Crippen LogP contribution is 2.26. The van der Waals surface area contributed by atoms with E-state index in [9.17, 15) is 4.39 Å². The van der Waals surface area contributed by atoms with E-state index in [2.05, 4.69) is 0 Å². The lowest BCUT2D eigenvalue weighted by atomic mass is 10.3. The van der Waals surface area contributed by atoms with Gasteiger partial charge in [0, 0.05) is 22.8 Å². The molecule has 4 heteroatoms. The van der Waals surface area contributed by atoms with Crippen LogP contribution in [0, 0.1) is 5.82 Å². The number of nitrogens with two attached hydrogens (primary N) is 1. The molecule has 2 aromatic rings. The molecule has 0 atom stereocenters. The predicted octanol–water partition coefficient (Wildman–Crippen LogP) is 3.85. The zero-order valence-corrected chi connectivity index (χ0v) is 9.04. The van der Waals surface area contributed by atoms with Crippen LogP contribution in [0.15, 0.2) is 42.5 Å². The van der Waals surface area contributed by atoms with Crippen LogP contribution in [0.2, 0.25) is 5.02 Å². The Morgan fingerprint density at radius 1 is 1.06 bits per heavy atom. The normalized spacial score (nSPS) is 10.1. The largest absolute Gasteiger partial charge is 0.457 e. The highest BCUT2D eigenvalue weighted by molar-refractivity contribution is 6.30. The lowest BCUT2D eigenvalue weighted by molar-refractivity contribution is 0.477. The third-order valence-corrected chi connectivity index (χ3v) is 2.16. The lowest BCUT2D eigenvalue weighted by Gasteiger charge is -2.06. The van der Waals surface area contributed by atoms with Gasteiger partial charge in [0.15, 0.2) is 0 Å². The van der Waals surface area contributed by atoms with E-state index in [1.165, 1.54) is 12.1 Å². The number of benzene rings is 2. The lowest BCUT2D eigenvalue weighted by Crippen LogP contribution is -1.90. The second kappa shape index (κ2) is 4.41. The number of halogens is 2. The van der Waals surface area contributed by atoms with Gasteiger partial charge in [0.1, 0.15) is 17.3 Å². The van der Waals surface area contributed by atoms with Crippen molar-refractivity contribution in [3.8, 4) is 11.5 Å². The minimum atomic E-state index is -0.433. The second-order valence-electron chi connectivity index (χ2n) is 3.28. The molecule has 0 spiro atoms. The molecule has 0 amide bonds. The molecule has 0 fully saturated rings. The number of nitrogen functional groups attached to an aromatic ring is 1. The van der Waals surface area contributed by atoms with E-state index in [-0.39, 0.29) is 0 Å². The molecule has 2 aromatic carbocycles. The van der Waals surface area contributed by atoms with Crippen LogP contribution in [0.3, 0.4) is 0 Å². The third kappa shape index (κ3) is 2.64. The fraction of sp³-hybridized carbons (Fsp3) is 0. The van der Waals surface area contributed by atoms with Gasteiger partial charge in [-0.25, -0.2) is 4.39 Å². The van der Waals surface area contributed by atoms with Crippen LogP contribution in [0.1, 0.15) is 0 Å². The van der Waals surface area contributed by atoms with Crippen molar-refractivity contribution in [2.75, 3.05) is 5.73 Å². The maximum absolute atomic E-state index is 13.0. The summed E-state index contributed by atoms with van der Waals surface area (Å²) in [6, 6.07) is 10.9. The Balaban J connectivity index is 2.27. The minimum absolute atomic E-state index is 0.317. The van der Waals surface area contributed by atoms with E-state index < -0.39 is 5.82 Å². The number of anilines is 1. The molecule has 2 nitrogen and oxygen atoms in total. The van der Waals surface area contributed by atoms with Gasteiger partial charge in [-0.05, 0) is 24.3 Å². The van der Waals surface area contributed by atoms with Crippen LogP contribution in [-0.4, -0.2) is 0 Å². The molecule has 0 bridgehead atoms. The van der Waals surface area contributed by atoms with Gasteiger partial charge in [0.2, 0.25) is 0 Å². The van der Waals surface area contributed by atoms with Crippen LogP contribution < -0.4 is 10.5 Å². The number of ether oxygens (including phenoxy) is 1. The Kier molecular flexibility index (Phi) is 2.97. The SMILES string of the molecule is Nc1cc(F)cc(Oc2cccc(Cl)c2)c1. The van der Waals surface area contributed by atoms with Crippen LogP contribution in [0.5, 0.6) is 11.5 Å². The fourth-order valence-corrected chi connectivity index (χ4v) is 1.49. The average Bonchev–Trinajstić information content (AvgIpc) is 2.15. The molecule has 2 rings (SSSR count). The summed E-state index contributed by atoms with van der Waals surface area (Å²) < 4.78 is 18.4. The van der Waals surface area contributed by atoms with E-state index in [1.807, 2.05) is 0 Å². The van der Waals surface area contributed by atoms with Gasteiger partial charge < -0.3 is 10.5 Å². The first-order valence-electron chi connectivity index (χ1n) is 4.63. The van der Waals surface area contributed by atoms with E-state index in [4.69, 9.17) is 22.1 Å². The van der Waals surface area contributed by atoms with Crippen LogP contribution in [0.4, 0.5) is 10.1 Å². The summed E-state index contributed by atoms with van der Waals surface area (Å²) in [6.07, 6.45) is 0. The molecule has 0 saturated heterocycles. The van der Waals surface area contributed by atoms with Crippen molar-refractivity contribution < 1.29 is 9.13 Å². The summed E-state index contributed by atoms with van der Waals surface area (Å²) in [6.45, 7) is 0. The van der Waals surface area contributed by atoms with Gasteiger partial charge in [-0.15, -0.1) is 0 Å². The molecular weight excluding hydrogens is 229 g/mol. The Hall–Kier alpha value is -1.74.